The smallest absolute Gasteiger partial charge is 0.550 e. The maximum absolute atomic E-state index is 13.3. The van der Waals surface area contributed by atoms with Crippen molar-refractivity contribution in [1.29, 1.82) is 0 Å². The predicted octanol–water partition coefficient (Wildman–Crippen LogP) is 3.08. The number of ether oxygens (including phenoxy) is 1. The van der Waals surface area contributed by atoms with E-state index in [9.17, 15) is 14.3 Å². The molecular formula is C25H23Cl2FNNaO3S. The first-order valence-corrected chi connectivity index (χ1v) is 12.2. The summed E-state index contributed by atoms with van der Waals surface area (Å²) in [6.07, 6.45) is 0.836. The van der Waals surface area contributed by atoms with Gasteiger partial charge in [-0.3, -0.25) is 4.98 Å². The Balaban J connectivity index is 0.00000408. The molecule has 1 aromatic heterocycles. The molecular weight excluding hydrogens is 507 g/mol. The van der Waals surface area contributed by atoms with Gasteiger partial charge in [-0.05, 0) is 61.2 Å². The Morgan fingerprint density at radius 1 is 1.12 bits per heavy atom. The minimum atomic E-state index is -1.15. The van der Waals surface area contributed by atoms with Gasteiger partial charge < -0.3 is 14.6 Å². The molecule has 1 atom stereocenters. The number of aromatic nitrogens is 1. The average Bonchev–Trinajstić information content (AvgIpc) is 2.79. The second-order valence-corrected chi connectivity index (χ2v) is 9.23. The van der Waals surface area contributed by atoms with Crippen molar-refractivity contribution < 1.29 is 48.6 Å². The molecule has 0 aliphatic heterocycles. The fourth-order valence-electron chi connectivity index (χ4n) is 3.29. The maximum Gasteiger partial charge on any atom is 1.00 e. The number of aliphatic carboxylic acids is 1. The molecule has 0 bridgehead atoms. The summed E-state index contributed by atoms with van der Waals surface area (Å²) in [5, 5.41) is 12.2. The van der Waals surface area contributed by atoms with E-state index in [1.54, 1.807) is 36.4 Å². The number of pyridine rings is 1. The molecule has 34 heavy (non-hydrogen) atoms. The molecule has 174 valence electrons. The van der Waals surface area contributed by atoms with Gasteiger partial charge in [0.1, 0.15) is 11.6 Å². The van der Waals surface area contributed by atoms with Crippen molar-refractivity contribution in [3.63, 3.8) is 0 Å². The van der Waals surface area contributed by atoms with Gasteiger partial charge in [0, 0.05) is 22.5 Å². The molecule has 9 heteroatoms. The number of hydrogen-bond acceptors (Lipinski definition) is 5. The van der Waals surface area contributed by atoms with E-state index >= 15 is 0 Å². The van der Waals surface area contributed by atoms with E-state index in [2.05, 4.69) is 4.98 Å². The molecule has 3 rings (SSSR count). The number of nitrogens with zero attached hydrogens (tertiary/aromatic N) is 1. The summed E-state index contributed by atoms with van der Waals surface area (Å²) >= 11 is 13.9. The third-order valence-electron chi connectivity index (χ3n) is 5.11. The summed E-state index contributed by atoms with van der Waals surface area (Å²) in [7, 11) is 0. The fraction of sp³-hybridized carbons (Fsp3) is 0.280. The molecule has 0 saturated heterocycles. The number of aryl methyl sites for hydroxylation is 1. The van der Waals surface area contributed by atoms with E-state index in [0.29, 0.717) is 33.8 Å². The fourth-order valence-corrected chi connectivity index (χ4v) is 4.88. The van der Waals surface area contributed by atoms with Crippen LogP contribution in [0.3, 0.4) is 0 Å². The number of carboxylic acid groups (broad SMARTS) is 1. The third kappa shape index (κ3) is 8.43. The van der Waals surface area contributed by atoms with Crippen LogP contribution in [-0.2, 0) is 17.0 Å². The zero-order chi connectivity index (χ0) is 23.8. The Morgan fingerprint density at radius 3 is 2.41 bits per heavy atom. The summed E-state index contributed by atoms with van der Waals surface area (Å²) in [5.41, 5.74) is 2.28. The Bertz CT molecular complexity index is 1080. The first-order chi connectivity index (χ1) is 15.9. The molecule has 1 unspecified atom stereocenters. The van der Waals surface area contributed by atoms with Crippen LogP contribution in [0.1, 0.15) is 42.6 Å². The number of carbonyl (C=O) groups is 1. The van der Waals surface area contributed by atoms with Crippen LogP contribution in [0.5, 0.6) is 5.75 Å². The Hall–Kier alpha value is -1.28. The number of carboxylic acids is 1. The number of benzene rings is 2. The van der Waals surface area contributed by atoms with Crippen LogP contribution in [0.15, 0.2) is 59.5 Å². The topological polar surface area (TPSA) is 62.2 Å². The quantitative estimate of drug-likeness (QED) is 0.282. The molecule has 0 amide bonds. The van der Waals surface area contributed by atoms with Crippen molar-refractivity contribution in [3.05, 3.63) is 87.4 Å². The van der Waals surface area contributed by atoms with Crippen molar-refractivity contribution in [2.45, 2.75) is 42.8 Å². The molecule has 0 saturated carbocycles. The van der Waals surface area contributed by atoms with Gasteiger partial charge in [0.2, 0.25) is 0 Å². The standard InChI is InChI=1S/C25H24Cl2FNO3S.Na/c1-2-16(17-6-8-18(28)9-7-17)14-32-23-12-10-19(29-22(23)11-13-24(30)31)15-33-25-20(26)4-3-5-21(25)27;/h3-10,12,16H,2,11,13-15H2,1H3,(H,30,31);/q;+1/p-1. The van der Waals surface area contributed by atoms with E-state index in [-0.39, 0.29) is 54.1 Å². The largest absolute Gasteiger partial charge is 1.00 e. The Kier molecular flexibility index (Phi) is 12.2. The zero-order valence-electron chi connectivity index (χ0n) is 19.0. The Labute approximate surface area is 235 Å². The van der Waals surface area contributed by atoms with Crippen LogP contribution < -0.4 is 39.4 Å². The molecule has 0 N–H and O–H groups in total. The second-order valence-electron chi connectivity index (χ2n) is 7.43. The van der Waals surface area contributed by atoms with E-state index < -0.39 is 5.97 Å². The van der Waals surface area contributed by atoms with E-state index in [0.717, 1.165) is 22.6 Å². The van der Waals surface area contributed by atoms with Crippen molar-refractivity contribution in [3.8, 4) is 5.75 Å². The minimum absolute atomic E-state index is 0. The van der Waals surface area contributed by atoms with Gasteiger partial charge in [0.05, 0.1) is 28.0 Å². The minimum Gasteiger partial charge on any atom is -0.550 e. The van der Waals surface area contributed by atoms with Crippen LogP contribution >= 0.6 is 35.0 Å². The molecule has 1 heterocycles. The van der Waals surface area contributed by atoms with Gasteiger partial charge in [-0.2, -0.15) is 0 Å². The molecule has 0 radical (unpaired) electrons. The number of rotatable bonds is 11. The summed E-state index contributed by atoms with van der Waals surface area (Å²) in [5.74, 6) is -0.327. The summed E-state index contributed by atoms with van der Waals surface area (Å²) in [6.45, 7) is 2.40. The van der Waals surface area contributed by atoms with Crippen molar-refractivity contribution in [2.24, 2.45) is 0 Å². The average molecular weight is 530 g/mol. The van der Waals surface area contributed by atoms with Crippen molar-refractivity contribution >= 4 is 40.9 Å². The molecule has 2 aromatic carbocycles. The molecule has 0 aliphatic carbocycles. The number of thioether (sulfide) groups is 1. The molecule has 3 aromatic rings. The van der Waals surface area contributed by atoms with Crippen LogP contribution in [0.25, 0.3) is 0 Å². The van der Waals surface area contributed by atoms with Gasteiger partial charge in [0.15, 0.2) is 0 Å². The summed E-state index contributed by atoms with van der Waals surface area (Å²) in [6, 6.07) is 15.4. The number of hydrogen-bond donors (Lipinski definition) is 0. The van der Waals surface area contributed by atoms with Crippen LogP contribution in [-0.4, -0.2) is 17.6 Å². The first-order valence-electron chi connectivity index (χ1n) is 10.5. The predicted molar refractivity (Wildman–Crippen MR) is 129 cm³/mol. The second kappa shape index (κ2) is 14.3. The van der Waals surface area contributed by atoms with E-state index in [1.807, 2.05) is 13.0 Å². The van der Waals surface area contributed by atoms with Gasteiger partial charge >= 0.3 is 29.6 Å². The van der Waals surface area contributed by atoms with Crippen molar-refractivity contribution in [2.75, 3.05) is 6.61 Å². The van der Waals surface area contributed by atoms with Gasteiger partial charge in [-0.15, -0.1) is 11.8 Å². The molecule has 0 fully saturated rings. The maximum atomic E-state index is 13.3. The van der Waals surface area contributed by atoms with Crippen LogP contribution in [0.4, 0.5) is 4.39 Å². The zero-order valence-corrected chi connectivity index (χ0v) is 23.4. The first kappa shape index (κ1) is 29.0. The number of halogens is 3. The third-order valence-corrected chi connectivity index (χ3v) is 7.14. The van der Waals surface area contributed by atoms with Crippen LogP contribution in [0, 0.1) is 5.82 Å². The summed E-state index contributed by atoms with van der Waals surface area (Å²) in [4.78, 5) is 16.4. The SMILES string of the molecule is CCC(COc1ccc(CSc2c(Cl)cccc2Cl)nc1CCC(=O)[O-])c1ccc(F)cc1.[Na+]. The Morgan fingerprint density at radius 2 is 1.79 bits per heavy atom. The van der Waals surface area contributed by atoms with Crippen LogP contribution in [0.2, 0.25) is 10.0 Å². The van der Waals surface area contributed by atoms with E-state index in [1.165, 1.54) is 23.9 Å². The summed E-state index contributed by atoms with van der Waals surface area (Å²) < 4.78 is 19.3. The monoisotopic (exact) mass is 529 g/mol. The number of carbonyl (C=O) groups excluding carboxylic acids is 1. The van der Waals surface area contributed by atoms with E-state index in [4.69, 9.17) is 27.9 Å². The molecule has 0 aliphatic rings. The van der Waals surface area contributed by atoms with Gasteiger partial charge in [0.25, 0.3) is 0 Å². The van der Waals surface area contributed by atoms with Crippen molar-refractivity contribution in [1.82, 2.24) is 4.98 Å². The molecule has 4 nitrogen and oxygen atoms in total. The van der Waals surface area contributed by atoms with Gasteiger partial charge in [-0.25, -0.2) is 4.39 Å². The normalized spacial score (nSPS) is 11.5. The molecule has 0 spiro atoms. The van der Waals surface area contributed by atoms with Gasteiger partial charge in [-0.1, -0.05) is 48.3 Å².